The Balaban J connectivity index is 0.00000204. The second-order valence-corrected chi connectivity index (χ2v) is 9.17. The monoisotopic (exact) mass is 540 g/mol. The van der Waals surface area contributed by atoms with Gasteiger partial charge in [0.2, 0.25) is 0 Å². The maximum atomic E-state index is 6.57. The molecule has 0 aliphatic rings. The van der Waals surface area contributed by atoms with Crippen molar-refractivity contribution in [2.24, 2.45) is 7.05 Å². The van der Waals surface area contributed by atoms with Gasteiger partial charge in [-0.25, -0.2) is 15.0 Å². The van der Waals surface area contributed by atoms with E-state index in [-0.39, 0.29) is 30.9 Å². The number of anilines is 2. The summed E-state index contributed by atoms with van der Waals surface area (Å²) >= 11 is 8.09. The van der Waals surface area contributed by atoms with E-state index in [2.05, 4.69) is 25.2 Å². The molecule has 0 radical (unpaired) electrons. The second-order valence-electron chi connectivity index (χ2n) is 7.76. The van der Waals surface area contributed by atoms with Gasteiger partial charge in [0.15, 0.2) is 5.16 Å². The second kappa shape index (κ2) is 12.5. The molecule has 4 aromatic rings. The molecule has 7 nitrogen and oxygen atoms in total. The van der Waals surface area contributed by atoms with Crippen LogP contribution < -0.4 is 10.1 Å². The molecule has 4 rings (SSSR count). The molecule has 0 aliphatic heterocycles. The van der Waals surface area contributed by atoms with Crippen molar-refractivity contribution in [2.75, 3.05) is 26.0 Å². The van der Waals surface area contributed by atoms with Crippen LogP contribution in [0.25, 0.3) is 10.9 Å². The Labute approximate surface area is 221 Å². The van der Waals surface area contributed by atoms with Crippen LogP contribution in [0.2, 0.25) is 5.02 Å². The molecule has 0 saturated heterocycles. The van der Waals surface area contributed by atoms with Crippen LogP contribution in [0.4, 0.5) is 11.5 Å². The summed E-state index contributed by atoms with van der Waals surface area (Å²) in [6.07, 6.45) is 5.24. The van der Waals surface area contributed by atoms with Crippen LogP contribution in [-0.4, -0.2) is 51.2 Å². The minimum Gasteiger partial charge on any atom is -0.489 e. The first-order valence-electron chi connectivity index (χ1n) is 10.2. The summed E-state index contributed by atoms with van der Waals surface area (Å²) in [6.45, 7) is 2.85. The van der Waals surface area contributed by atoms with E-state index in [1.165, 1.54) is 11.8 Å². The number of aromatic nitrogens is 4. The van der Waals surface area contributed by atoms with Crippen LogP contribution in [0.3, 0.4) is 0 Å². The lowest BCUT2D eigenvalue weighted by Crippen LogP contribution is -2.28. The quantitative estimate of drug-likeness (QED) is 0.290. The number of rotatable bonds is 8. The number of ether oxygens (including phenoxy) is 1. The van der Waals surface area contributed by atoms with E-state index < -0.39 is 0 Å². The summed E-state index contributed by atoms with van der Waals surface area (Å²) in [4.78, 5) is 16.3. The molecule has 1 atom stereocenters. The van der Waals surface area contributed by atoms with Gasteiger partial charge in [-0.2, -0.15) is 0 Å². The first kappa shape index (κ1) is 28.0. The zero-order valence-electron chi connectivity index (χ0n) is 19.2. The third kappa shape index (κ3) is 6.67. The highest BCUT2D eigenvalue weighted by Gasteiger charge is 2.14. The lowest BCUT2D eigenvalue weighted by Gasteiger charge is -2.20. The highest BCUT2D eigenvalue weighted by Crippen LogP contribution is 2.36. The van der Waals surface area contributed by atoms with Crippen molar-refractivity contribution in [3.8, 4) is 5.75 Å². The van der Waals surface area contributed by atoms with Crippen molar-refractivity contribution in [3.63, 3.8) is 0 Å². The van der Waals surface area contributed by atoms with Crippen LogP contribution in [0.5, 0.6) is 5.75 Å². The molecule has 0 amide bonds. The maximum Gasteiger partial charge on any atom is 0.172 e. The predicted molar refractivity (Wildman–Crippen MR) is 145 cm³/mol. The van der Waals surface area contributed by atoms with Crippen molar-refractivity contribution < 1.29 is 4.74 Å². The van der Waals surface area contributed by atoms with Gasteiger partial charge in [-0.15, -0.1) is 24.8 Å². The van der Waals surface area contributed by atoms with Crippen LogP contribution in [0.15, 0.2) is 65.2 Å². The van der Waals surface area contributed by atoms with E-state index in [1.807, 2.05) is 75.2 Å². The molecular weight excluding hydrogens is 515 g/mol. The predicted octanol–water partition coefficient (Wildman–Crippen LogP) is 6.08. The van der Waals surface area contributed by atoms with Gasteiger partial charge in [0.1, 0.15) is 24.0 Å². The summed E-state index contributed by atoms with van der Waals surface area (Å²) in [5.74, 6) is 1.41. The van der Waals surface area contributed by atoms with Crippen molar-refractivity contribution in [2.45, 2.75) is 23.1 Å². The smallest absolute Gasteiger partial charge is 0.172 e. The fraction of sp³-hybridized carbons (Fsp3) is 0.261. The first-order chi connectivity index (χ1) is 15.4. The van der Waals surface area contributed by atoms with Gasteiger partial charge in [-0.3, -0.25) is 0 Å². The average molecular weight is 542 g/mol. The molecule has 2 aromatic heterocycles. The van der Waals surface area contributed by atoms with Crippen LogP contribution in [0, 0.1) is 0 Å². The van der Waals surface area contributed by atoms with Crippen molar-refractivity contribution in [3.05, 3.63) is 60.1 Å². The molecule has 2 heterocycles. The molecule has 182 valence electrons. The van der Waals surface area contributed by atoms with Gasteiger partial charge < -0.3 is 19.5 Å². The van der Waals surface area contributed by atoms with E-state index in [0.29, 0.717) is 10.8 Å². The Morgan fingerprint density at radius 1 is 1.15 bits per heavy atom. The number of nitrogens with one attached hydrogen (secondary N) is 1. The highest BCUT2D eigenvalue weighted by molar-refractivity contribution is 7.99. The number of aryl methyl sites for hydroxylation is 1. The van der Waals surface area contributed by atoms with Gasteiger partial charge >= 0.3 is 0 Å². The largest absolute Gasteiger partial charge is 0.489 e. The number of hydrogen-bond acceptors (Lipinski definition) is 7. The van der Waals surface area contributed by atoms with E-state index in [1.54, 1.807) is 12.5 Å². The zero-order valence-corrected chi connectivity index (χ0v) is 22.4. The van der Waals surface area contributed by atoms with E-state index in [0.717, 1.165) is 38.9 Å². The fourth-order valence-corrected chi connectivity index (χ4v) is 4.49. The zero-order chi connectivity index (χ0) is 22.7. The molecule has 0 bridgehead atoms. The van der Waals surface area contributed by atoms with Gasteiger partial charge in [0.25, 0.3) is 0 Å². The lowest BCUT2D eigenvalue weighted by molar-refractivity contribution is 0.179. The first-order valence-corrected chi connectivity index (χ1v) is 11.4. The van der Waals surface area contributed by atoms with Crippen molar-refractivity contribution in [1.82, 2.24) is 24.4 Å². The van der Waals surface area contributed by atoms with Gasteiger partial charge in [0, 0.05) is 36.6 Å². The molecule has 0 unspecified atom stereocenters. The molecule has 0 saturated carbocycles. The highest BCUT2D eigenvalue weighted by atomic mass is 35.5. The number of fused-ring (bicyclic) bond motifs is 1. The van der Waals surface area contributed by atoms with Crippen LogP contribution in [0.1, 0.15) is 6.92 Å². The molecule has 11 heteroatoms. The number of hydrogen-bond donors (Lipinski definition) is 1. The average Bonchev–Trinajstić information content (AvgIpc) is 3.14. The molecule has 2 aromatic carbocycles. The molecule has 1 N–H and O–H groups in total. The Hall–Kier alpha value is -2.23. The van der Waals surface area contributed by atoms with E-state index in [9.17, 15) is 0 Å². The summed E-state index contributed by atoms with van der Waals surface area (Å²) < 4.78 is 8.19. The Kier molecular flexibility index (Phi) is 10.3. The number of halogens is 3. The molecular formula is C23H27Cl3N6OS. The standard InChI is InChI=1S/C23H25ClN6OS.2ClH/c1-15(13-29(2)3)31-19-7-5-6-18-21(19)22(27-14-26-18)28-16-8-9-20(17(24)12-16)32-23-25-10-11-30(23)4;;/h5-12,14-15H,13H2,1-4H3,(H,26,27,28);2*1H/t15-;;/m1../s1. The third-order valence-electron chi connectivity index (χ3n) is 4.75. The Morgan fingerprint density at radius 2 is 1.94 bits per heavy atom. The van der Waals surface area contributed by atoms with E-state index in [4.69, 9.17) is 16.3 Å². The van der Waals surface area contributed by atoms with Gasteiger partial charge in [-0.1, -0.05) is 29.4 Å². The summed E-state index contributed by atoms with van der Waals surface area (Å²) in [5, 5.41) is 5.73. The summed E-state index contributed by atoms with van der Waals surface area (Å²) in [5.41, 5.74) is 1.64. The summed E-state index contributed by atoms with van der Waals surface area (Å²) in [6, 6.07) is 11.7. The van der Waals surface area contributed by atoms with Gasteiger partial charge in [0.05, 0.1) is 15.9 Å². The van der Waals surface area contributed by atoms with Crippen molar-refractivity contribution in [1.29, 1.82) is 0 Å². The maximum absolute atomic E-state index is 6.57. The fourth-order valence-electron chi connectivity index (χ4n) is 3.39. The Morgan fingerprint density at radius 3 is 2.62 bits per heavy atom. The minimum atomic E-state index is 0. The topological polar surface area (TPSA) is 68.1 Å². The summed E-state index contributed by atoms with van der Waals surface area (Å²) in [7, 11) is 6.01. The van der Waals surface area contributed by atoms with E-state index >= 15 is 0 Å². The number of benzene rings is 2. The lowest BCUT2D eigenvalue weighted by atomic mass is 10.2. The van der Waals surface area contributed by atoms with Crippen LogP contribution >= 0.6 is 48.2 Å². The SMILES string of the molecule is C[C@H](CN(C)C)Oc1cccc2ncnc(Nc3ccc(Sc4nccn4C)c(Cl)c3)c12.Cl.Cl. The molecule has 34 heavy (non-hydrogen) atoms. The Bertz CT molecular complexity index is 1230. The number of nitrogens with zero attached hydrogens (tertiary/aromatic N) is 5. The molecule has 0 fully saturated rings. The third-order valence-corrected chi connectivity index (χ3v) is 6.32. The van der Waals surface area contributed by atoms with Crippen molar-refractivity contribution >= 4 is 70.6 Å². The van der Waals surface area contributed by atoms with Gasteiger partial charge in [-0.05, 0) is 51.4 Å². The minimum absolute atomic E-state index is 0. The van der Waals surface area contributed by atoms with Crippen LogP contribution in [-0.2, 0) is 7.05 Å². The number of likely N-dealkylation sites (N-methyl/N-ethyl adjacent to an activating group) is 1. The number of imidazole rings is 1. The normalized spacial score (nSPS) is 11.6. The molecule has 0 aliphatic carbocycles. The molecule has 0 spiro atoms.